The Balaban J connectivity index is 2.01. The number of aromatic nitrogens is 2. The molecule has 0 bridgehead atoms. The maximum atomic E-state index is 6.05. The van der Waals surface area contributed by atoms with Crippen molar-refractivity contribution in [3.63, 3.8) is 0 Å². The van der Waals surface area contributed by atoms with E-state index >= 15 is 0 Å². The molecule has 0 aliphatic heterocycles. The summed E-state index contributed by atoms with van der Waals surface area (Å²) in [6.45, 7) is 0.521. The lowest BCUT2D eigenvalue weighted by Gasteiger charge is -2.13. The van der Waals surface area contributed by atoms with E-state index in [-0.39, 0.29) is 0 Å². The largest absolute Gasteiger partial charge is 0.493 e. The van der Waals surface area contributed by atoms with E-state index in [9.17, 15) is 0 Å². The highest BCUT2D eigenvalue weighted by molar-refractivity contribution is 7.99. The zero-order valence-corrected chi connectivity index (χ0v) is 15.3. The van der Waals surface area contributed by atoms with Crippen LogP contribution < -0.4 is 15.2 Å². The smallest absolute Gasteiger partial charge is 0.162 e. The predicted molar refractivity (Wildman–Crippen MR) is 102 cm³/mol. The molecule has 1 aromatic heterocycles. The molecule has 2 N–H and O–H groups in total. The number of ether oxygens (including phenoxy) is 2. The monoisotopic (exact) mass is 375 g/mol. The Bertz CT molecular complexity index is 876. The average molecular weight is 376 g/mol. The lowest BCUT2D eigenvalue weighted by Crippen LogP contribution is -2.00. The Morgan fingerprint density at radius 1 is 1.16 bits per heavy atom. The number of nitrogens with zero attached hydrogens (tertiary/aromatic N) is 2. The third-order valence-electron chi connectivity index (χ3n) is 3.55. The van der Waals surface area contributed by atoms with Gasteiger partial charge in [-0.1, -0.05) is 23.9 Å². The van der Waals surface area contributed by atoms with E-state index < -0.39 is 0 Å². The van der Waals surface area contributed by atoms with Crippen LogP contribution in [0, 0.1) is 0 Å². The van der Waals surface area contributed by atoms with Gasteiger partial charge in [-0.25, -0.2) is 9.97 Å². The first kappa shape index (κ1) is 17.6. The minimum atomic E-state index is 0.521. The Labute approximate surface area is 155 Å². The van der Waals surface area contributed by atoms with Gasteiger partial charge >= 0.3 is 0 Å². The number of alkyl halides is 1. The van der Waals surface area contributed by atoms with Crippen LogP contribution in [0.4, 0.5) is 5.69 Å². The fourth-order valence-corrected chi connectivity index (χ4v) is 3.33. The van der Waals surface area contributed by atoms with E-state index in [0.29, 0.717) is 29.7 Å². The Morgan fingerprint density at radius 2 is 2.00 bits per heavy atom. The summed E-state index contributed by atoms with van der Waals surface area (Å²) in [6.07, 6.45) is 2.30. The highest BCUT2D eigenvalue weighted by Crippen LogP contribution is 2.38. The minimum Gasteiger partial charge on any atom is -0.493 e. The first-order valence-electron chi connectivity index (χ1n) is 7.77. The predicted octanol–water partition coefficient (Wildman–Crippen LogP) is 4.38. The van der Waals surface area contributed by atoms with Gasteiger partial charge in [0.15, 0.2) is 11.5 Å². The molecule has 0 unspecified atom stereocenters. The quantitative estimate of drug-likeness (QED) is 0.286. The molecule has 0 aliphatic carbocycles. The summed E-state index contributed by atoms with van der Waals surface area (Å²) in [5.74, 6) is 1.83. The summed E-state index contributed by atoms with van der Waals surface area (Å²) in [5, 5.41) is 1.70. The molecule has 5 nitrogen and oxygen atoms in total. The molecule has 0 aliphatic rings. The molecular formula is C18H18ClN3O2S. The molecule has 2 aromatic carbocycles. The molecule has 130 valence electrons. The fraction of sp³-hybridized carbons (Fsp3) is 0.222. The number of nitrogen functional groups attached to an aromatic ring is 1. The van der Waals surface area contributed by atoms with Crippen LogP contribution in [0.15, 0.2) is 52.6 Å². The third-order valence-corrected chi connectivity index (χ3v) is 4.92. The van der Waals surface area contributed by atoms with Crippen molar-refractivity contribution in [2.24, 2.45) is 0 Å². The first-order chi connectivity index (χ1) is 12.2. The normalized spacial score (nSPS) is 10.8. The van der Waals surface area contributed by atoms with Crippen LogP contribution >= 0.6 is 23.4 Å². The van der Waals surface area contributed by atoms with Crippen molar-refractivity contribution < 1.29 is 9.47 Å². The SMILES string of the molecule is COc1cc2ncnc(Sc3ccccc3N)c2cc1OCCCCl. The van der Waals surface area contributed by atoms with Gasteiger partial charge in [0.2, 0.25) is 0 Å². The number of halogens is 1. The van der Waals surface area contributed by atoms with E-state index in [1.807, 2.05) is 36.4 Å². The van der Waals surface area contributed by atoms with Crippen molar-refractivity contribution in [2.75, 3.05) is 25.3 Å². The summed E-state index contributed by atoms with van der Waals surface area (Å²) < 4.78 is 11.2. The molecule has 0 saturated heterocycles. The van der Waals surface area contributed by atoms with Crippen molar-refractivity contribution in [3.8, 4) is 11.5 Å². The lowest BCUT2D eigenvalue weighted by molar-refractivity contribution is 0.295. The van der Waals surface area contributed by atoms with Crippen LogP contribution in [0.1, 0.15) is 6.42 Å². The maximum absolute atomic E-state index is 6.05. The lowest BCUT2D eigenvalue weighted by atomic mass is 10.2. The third kappa shape index (κ3) is 4.08. The number of methoxy groups -OCH3 is 1. The highest BCUT2D eigenvalue weighted by atomic mass is 35.5. The summed E-state index contributed by atoms with van der Waals surface area (Å²) in [4.78, 5) is 9.70. The van der Waals surface area contributed by atoms with Gasteiger partial charge in [-0.15, -0.1) is 11.6 Å². The van der Waals surface area contributed by atoms with Crippen LogP contribution in [-0.2, 0) is 0 Å². The van der Waals surface area contributed by atoms with Crippen molar-refractivity contribution in [3.05, 3.63) is 42.7 Å². The zero-order valence-electron chi connectivity index (χ0n) is 13.7. The number of fused-ring (bicyclic) bond motifs is 1. The molecule has 0 spiro atoms. The second-order valence-electron chi connectivity index (χ2n) is 5.23. The topological polar surface area (TPSA) is 70.3 Å². The van der Waals surface area contributed by atoms with E-state index in [1.54, 1.807) is 7.11 Å². The van der Waals surface area contributed by atoms with Gasteiger partial charge < -0.3 is 15.2 Å². The van der Waals surface area contributed by atoms with Crippen molar-refractivity contribution in [2.45, 2.75) is 16.3 Å². The number of hydrogen-bond acceptors (Lipinski definition) is 6. The van der Waals surface area contributed by atoms with Gasteiger partial charge in [0, 0.05) is 27.9 Å². The van der Waals surface area contributed by atoms with Gasteiger partial charge in [0.05, 0.1) is 19.2 Å². The molecular weight excluding hydrogens is 358 g/mol. The van der Waals surface area contributed by atoms with E-state index in [1.165, 1.54) is 18.1 Å². The van der Waals surface area contributed by atoms with Crippen LogP contribution in [0.2, 0.25) is 0 Å². The van der Waals surface area contributed by atoms with E-state index in [4.69, 9.17) is 26.8 Å². The van der Waals surface area contributed by atoms with Gasteiger partial charge in [-0.3, -0.25) is 0 Å². The summed E-state index contributed by atoms with van der Waals surface area (Å²) in [6, 6.07) is 11.5. The second kappa shape index (κ2) is 8.27. The van der Waals surface area contributed by atoms with Crippen LogP contribution in [0.5, 0.6) is 11.5 Å². The zero-order chi connectivity index (χ0) is 17.6. The number of benzene rings is 2. The minimum absolute atomic E-state index is 0.521. The molecule has 25 heavy (non-hydrogen) atoms. The molecule has 3 aromatic rings. The molecule has 0 radical (unpaired) electrons. The van der Waals surface area contributed by atoms with Crippen LogP contribution in [0.3, 0.4) is 0 Å². The maximum Gasteiger partial charge on any atom is 0.162 e. The number of rotatable bonds is 7. The van der Waals surface area contributed by atoms with E-state index in [2.05, 4.69) is 9.97 Å². The molecule has 0 atom stereocenters. The standard InChI is InChI=1S/C18H18ClN3O2S/c1-23-15-10-14-12(9-16(15)24-8-4-7-19)18(22-11-21-14)25-17-6-3-2-5-13(17)20/h2-3,5-6,9-11H,4,7-8,20H2,1H3. The molecule has 0 fully saturated rings. The van der Waals surface area contributed by atoms with Gasteiger partial charge in [-0.2, -0.15) is 0 Å². The van der Waals surface area contributed by atoms with E-state index in [0.717, 1.165) is 27.2 Å². The van der Waals surface area contributed by atoms with Gasteiger partial charge in [-0.05, 0) is 24.6 Å². The second-order valence-corrected chi connectivity index (χ2v) is 6.64. The Hall–Kier alpha value is -2.18. The molecule has 0 amide bonds. The molecule has 1 heterocycles. The van der Waals surface area contributed by atoms with Gasteiger partial charge in [0.25, 0.3) is 0 Å². The van der Waals surface area contributed by atoms with Crippen molar-refractivity contribution in [1.82, 2.24) is 9.97 Å². The Kier molecular flexibility index (Phi) is 5.83. The van der Waals surface area contributed by atoms with Gasteiger partial charge in [0.1, 0.15) is 11.4 Å². The van der Waals surface area contributed by atoms with Crippen molar-refractivity contribution >= 4 is 40.0 Å². The number of para-hydroxylation sites is 1. The fourth-order valence-electron chi connectivity index (χ4n) is 2.31. The average Bonchev–Trinajstić information content (AvgIpc) is 2.63. The summed E-state index contributed by atoms with van der Waals surface area (Å²) in [5.41, 5.74) is 7.55. The summed E-state index contributed by atoms with van der Waals surface area (Å²) in [7, 11) is 1.61. The molecule has 0 saturated carbocycles. The number of nitrogens with two attached hydrogens (primary N) is 1. The number of anilines is 1. The van der Waals surface area contributed by atoms with Crippen LogP contribution in [0.25, 0.3) is 10.9 Å². The highest BCUT2D eigenvalue weighted by Gasteiger charge is 2.13. The first-order valence-corrected chi connectivity index (χ1v) is 9.12. The summed E-state index contributed by atoms with van der Waals surface area (Å²) >= 11 is 7.22. The Morgan fingerprint density at radius 3 is 2.76 bits per heavy atom. The van der Waals surface area contributed by atoms with Crippen LogP contribution in [-0.4, -0.2) is 29.6 Å². The van der Waals surface area contributed by atoms with Crippen molar-refractivity contribution in [1.29, 1.82) is 0 Å². The molecule has 7 heteroatoms. The molecule has 3 rings (SSSR count). The number of hydrogen-bond donors (Lipinski definition) is 1.